The molecule has 2 fully saturated rings. The van der Waals surface area contributed by atoms with Gasteiger partial charge in [0, 0.05) is 44.5 Å². The van der Waals surface area contributed by atoms with Crippen LogP contribution in [-0.2, 0) is 11.8 Å². The molecule has 1 aromatic carbocycles. The summed E-state index contributed by atoms with van der Waals surface area (Å²) in [6.07, 6.45) is 0.539. The summed E-state index contributed by atoms with van der Waals surface area (Å²) in [6, 6.07) is 12.1. The first kappa shape index (κ1) is 15.9. The Morgan fingerprint density at radius 1 is 1.16 bits per heavy atom. The van der Waals surface area contributed by atoms with Gasteiger partial charge in [-0.1, -0.05) is 30.3 Å². The Labute approximate surface area is 147 Å². The molecule has 1 aromatic heterocycles. The van der Waals surface area contributed by atoms with Crippen LogP contribution in [-0.4, -0.2) is 40.9 Å². The third kappa shape index (κ3) is 2.73. The van der Waals surface area contributed by atoms with E-state index < -0.39 is 0 Å². The van der Waals surface area contributed by atoms with Gasteiger partial charge in [-0.25, -0.2) is 0 Å². The standard InChI is InChI=1S/C20H23N3O2/c1-13-17(9-18(22(13)2)14-6-4-3-5-7-14)20(25)23-11-15-8-19(24)21-10-16(15)12-23/h3-7,9,15-16H,8,10-12H2,1-2H3,(H,21,24)/t15-,16+/m0/s1. The second kappa shape index (κ2) is 6.06. The summed E-state index contributed by atoms with van der Waals surface area (Å²) in [6.45, 7) is 4.11. The second-order valence-electron chi connectivity index (χ2n) is 7.19. The first-order chi connectivity index (χ1) is 12.0. The number of carbonyl (C=O) groups excluding carboxylic acids is 2. The van der Waals surface area contributed by atoms with E-state index in [4.69, 9.17) is 0 Å². The van der Waals surface area contributed by atoms with Crippen molar-refractivity contribution in [1.29, 1.82) is 0 Å². The number of carbonyl (C=O) groups is 2. The fourth-order valence-electron chi connectivity index (χ4n) is 4.09. The van der Waals surface area contributed by atoms with E-state index in [1.54, 1.807) is 0 Å². The number of piperidine rings is 1. The number of rotatable bonds is 2. The van der Waals surface area contributed by atoms with Crippen molar-refractivity contribution >= 4 is 11.8 Å². The molecule has 5 heteroatoms. The molecule has 2 amide bonds. The number of benzene rings is 1. The lowest BCUT2D eigenvalue weighted by Crippen LogP contribution is -2.40. The van der Waals surface area contributed by atoms with Crippen molar-refractivity contribution in [3.8, 4) is 11.3 Å². The largest absolute Gasteiger partial charge is 0.356 e. The fourth-order valence-corrected chi connectivity index (χ4v) is 4.09. The molecule has 25 heavy (non-hydrogen) atoms. The number of nitrogens with one attached hydrogen (secondary N) is 1. The quantitative estimate of drug-likeness (QED) is 0.913. The summed E-state index contributed by atoms with van der Waals surface area (Å²) >= 11 is 0. The van der Waals surface area contributed by atoms with Crippen LogP contribution in [0, 0.1) is 18.8 Å². The molecule has 3 heterocycles. The monoisotopic (exact) mass is 337 g/mol. The number of likely N-dealkylation sites (tertiary alicyclic amines) is 1. The third-order valence-corrected chi connectivity index (χ3v) is 5.71. The highest BCUT2D eigenvalue weighted by Gasteiger charge is 2.39. The van der Waals surface area contributed by atoms with Gasteiger partial charge < -0.3 is 14.8 Å². The highest BCUT2D eigenvalue weighted by molar-refractivity contribution is 5.97. The average molecular weight is 337 g/mol. The number of amides is 2. The molecular formula is C20H23N3O2. The lowest BCUT2D eigenvalue weighted by atomic mass is 9.89. The molecule has 0 saturated carbocycles. The van der Waals surface area contributed by atoms with Crippen molar-refractivity contribution < 1.29 is 9.59 Å². The van der Waals surface area contributed by atoms with Crippen LogP contribution in [0.3, 0.4) is 0 Å². The molecule has 2 aliphatic rings. The smallest absolute Gasteiger partial charge is 0.255 e. The highest BCUT2D eigenvalue weighted by atomic mass is 16.2. The molecule has 1 N–H and O–H groups in total. The molecule has 130 valence electrons. The Hall–Kier alpha value is -2.56. The Morgan fingerprint density at radius 3 is 2.64 bits per heavy atom. The normalized spacial score (nSPS) is 22.6. The molecule has 2 saturated heterocycles. The molecule has 0 bridgehead atoms. The minimum Gasteiger partial charge on any atom is -0.356 e. The Morgan fingerprint density at radius 2 is 1.88 bits per heavy atom. The number of nitrogens with zero attached hydrogens (tertiary/aromatic N) is 2. The summed E-state index contributed by atoms with van der Waals surface area (Å²) in [5, 5.41) is 2.92. The van der Waals surface area contributed by atoms with E-state index in [9.17, 15) is 9.59 Å². The zero-order valence-corrected chi connectivity index (χ0v) is 14.7. The van der Waals surface area contributed by atoms with E-state index in [1.165, 1.54) is 0 Å². The number of hydrogen-bond acceptors (Lipinski definition) is 2. The Kier molecular flexibility index (Phi) is 3.86. The third-order valence-electron chi connectivity index (χ3n) is 5.71. The lowest BCUT2D eigenvalue weighted by molar-refractivity contribution is -0.124. The fraction of sp³-hybridized carbons (Fsp3) is 0.400. The van der Waals surface area contributed by atoms with E-state index >= 15 is 0 Å². The van der Waals surface area contributed by atoms with Crippen LogP contribution in [0.25, 0.3) is 11.3 Å². The summed E-state index contributed by atoms with van der Waals surface area (Å²) in [7, 11) is 2.00. The number of hydrogen-bond donors (Lipinski definition) is 1. The highest BCUT2D eigenvalue weighted by Crippen LogP contribution is 2.31. The predicted molar refractivity (Wildman–Crippen MR) is 96.1 cm³/mol. The summed E-state index contributed by atoms with van der Waals surface area (Å²) in [5.41, 5.74) is 3.90. The van der Waals surface area contributed by atoms with Crippen molar-refractivity contribution in [3.63, 3.8) is 0 Å². The van der Waals surface area contributed by atoms with E-state index in [0.717, 1.165) is 29.1 Å². The van der Waals surface area contributed by atoms with Gasteiger partial charge in [-0.05, 0) is 30.4 Å². The molecule has 2 aromatic rings. The first-order valence-electron chi connectivity index (χ1n) is 8.82. The van der Waals surface area contributed by atoms with Gasteiger partial charge in [0.25, 0.3) is 5.91 Å². The van der Waals surface area contributed by atoms with Gasteiger partial charge in [-0.3, -0.25) is 9.59 Å². The summed E-state index contributed by atoms with van der Waals surface area (Å²) in [4.78, 5) is 26.6. The van der Waals surface area contributed by atoms with Crippen LogP contribution in [0.2, 0.25) is 0 Å². The van der Waals surface area contributed by atoms with Crippen LogP contribution in [0.1, 0.15) is 22.5 Å². The molecule has 0 radical (unpaired) electrons. The predicted octanol–water partition coefficient (Wildman–Crippen LogP) is 2.21. The van der Waals surface area contributed by atoms with Crippen molar-refractivity contribution in [2.75, 3.05) is 19.6 Å². The zero-order valence-electron chi connectivity index (χ0n) is 14.7. The first-order valence-corrected chi connectivity index (χ1v) is 8.82. The molecule has 0 aliphatic carbocycles. The molecule has 5 nitrogen and oxygen atoms in total. The Bertz CT molecular complexity index is 825. The van der Waals surface area contributed by atoms with Gasteiger partial charge in [0.05, 0.1) is 5.56 Å². The van der Waals surface area contributed by atoms with Gasteiger partial charge in [0.15, 0.2) is 0 Å². The zero-order chi connectivity index (χ0) is 17.6. The minimum atomic E-state index is 0.0807. The second-order valence-corrected chi connectivity index (χ2v) is 7.19. The van der Waals surface area contributed by atoms with Crippen molar-refractivity contribution in [2.24, 2.45) is 18.9 Å². The maximum atomic E-state index is 13.1. The summed E-state index contributed by atoms with van der Waals surface area (Å²) in [5.74, 6) is 0.879. The van der Waals surface area contributed by atoms with E-state index in [-0.39, 0.29) is 11.8 Å². The van der Waals surface area contributed by atoms with Crippen molar-refractivity contribution in [2.45, 2.75) is 13.3 Å². The molecule has 4 rings (SSSR count). The van der Waals surface area contributed by atoms with Crippen LogP contribution in [0.5, 0.6) is 0 Å². The maximum Gasteiger partial charge on any atom is 0.255 e. The Balaban J connectivity index is 1.60. The minimum absolute atomic E-state index is 0.0807. The summed E-state index contributed by atoms with van der Waals surface area (Å²) < 4.78 is 2.08. The molecule has 2 atom stereocenters. The van der Waals surface area contributed by atoms with E-state index in [1.807, 2.05) is 43.1 Å². The van der Waals surface area contributed by atoms with Gasteiger partial charge in [0.1, 0.15) is 0 Å². The van der Waals surface area contributed by atoms with E-state index in [2.05, 4.69) is 22.0 Å². The number of fused-ring (bicyclic) bond motifs is 1. The van der Waals surface area contributed by atoms with Gasteiger partial charge >= 0.3 is 0 Å². The van der Waals surface area contributed by atoms with Crippen molar-refractivity contribution in [1.82, 2.24) is 14.8 Å². The van der Waals surface area contributed by atoms with Crippen LogP contribution >= 0.6 is 0 Å². The molecule has 0 spiro atoms. The lowest BCUT2D eigenvalue weighted by Gasteiger charge is -2.23. The molecule has 2 aliphatic heterocycles. The van der Waals surface area contributed by atoms with Crippen LogP contribution in [0.4, 0.5) is 0 Å². The topological polar surface area (TPSA) is 54.3 Å². The van der Waals surface area contributed by atoms with Crippen LogP contribution < -0.4 is 5.32 Å². The van der Waals surface area contributed by atoms with E-state index in [0.29, 0.717) is 31.3 Å². The molecular weight excluding hydrogens is 314 g/mol. The van der Waals surface area contributed by atoms with Gasteiger partial charge in [-0.15, -0.1) is 0 Å². The van der Waals surface area contributed by atoms with Gasteiger partial charge in [0.2, 0.25) is 5.91 Å². The SMILES string of the molecule is Cc1c(C(=O)N2C[C@H]3CNC(=O)C[C@H]3C2)cc(-c2ccccc2)n1C. The average Bonchev–Trinajstić information content (AvgIpc) is 3.17. The van der Waals surface area contributed by atoms with Gasteiger partial charge in [-0.2, -0.15) is 0 Å². The number of aromatic nitrogens is 1. The van der Waals surface area contributed by atoms with Crippen LogP contribution in [0.15, 0.2) is 36.4 Å². The van der Waals surface area contributed by atoms with Crippen molar-refractivity contribution in [3.05, 3.63) is 47.7 Å². The maximum absolute atomic E-state index is 13.1. The molecule has 0 unspecified atom stereocenters.